The molecule has 1 aromatic heterocycles. The first-order chi connectivity index (χ1) is 13.8. The summed E-state index contributed by atoms with van der Waals surface area (Å²) in [4.78, 5) is 13.9. The molecule has 146 valence electrons. The number of rotatable bonds is 7. The quantitative estimate of drug-likeness (QED) is 0.504. The summed E-state index contributed by atoms with van der Waals surface area (Å²) < 4.78 is 11.0. The van der Waals surface area contributed by atoms with E-state index in [1.165, 1.54) is 11.6 Å². The van der Waals surface area contributed by atoms with Crippen LogP contribution in [0.2, 0.25) is 0 Å². The van der Waals surface area contributed by atoms with Crippen LogP contribution in [0.15, 0.2) is 69.9 Å². The van der Waals surface area contributed by atoms with E-state index in [1.54, 1.807) is 12.1 Å². The normalized spacial score (nSPS) is 15.7. The zero-order valence-corrected chi connectivity index (χ0v) is 16.0. The van der Waals surface area contributed by atoms with Gasteiger partial charge in [-0.2, -0.15) is 0 Å². The van der Waals surface area contributed by atoms with E-state index in [1.807, 2.05) is 12.1 Å². The molecule has 1 aliphatic rings. The number of hydrogen-bond acceptors (Lipinski definition) is 5. The fourth-order valence-corrected chi connectivity index (χ4v) is 3.70. The lowest BCUT2D eigenvalue weighted by Gasteiger charge is -2.32. The molecule has 28 heavy (non-hydrogen) atoms. The lowest BCUT2D eigenvalue weighted by Crippen LogP contribution is -2.43. The second-order valence-electron chi connectivity index (χ2n) is 7.29. The number of nitrogens with one attached hydrogen (secondary N) is 1. The van der Waals surface area contributed by atoms with Gasteiger partial charge in [0.1, 0.15) is 17.9 Å². The van der Waals surface area contributed by atoms with Crippen molar-refractivity contribution in [2.75, 3.05) is 26.2 Å². The topological polar surface area (TPSA) is 54.7 Å². The van der Waals surface area contributed by atoms with Gasteiger partial charge in [-0.15, -0.1) is 0 Å². The van der Waals surface area contributed by atoms with Crippen LogP contribution in [0, 0.1) is 0 Å². The predicted octanol–water partition coefficient (Wildman–Crippen LogP) is 3.43. The Morgan fingerprint density at radius 1 is 1.04 bits per heavy atom. The molecule has 5 heteroatoms. The van der Waals surface area contributed by atoms with Gasteiger partial charge in [-0.25, -0.2) is 4.79 Å². The van der Waals surface area contributed by atoms with Gasteiger partial charge in [0.25, 0.3) is 0 Å². The molecular formula is C23H26N2O3. The van der Waals surface area contributed by atoms with Crippen LogP contribution in [0.5, 0.6) is 5.75 Å². The molecule has 0 radical (unpaired) electrons. The van der Waals surface area contributed by atoms with E-state index >= 15 is 0 Å². The van der Waals surface area contributed by atoms with Crippen molar-refractivity contribution in [2.24, 2.45) is 0 Å². The molecular weight excluding hydrogens is 352 g/mol. The fourth-order valence-electron chi connectivity index (χ4n) is 3.70. The second kappa shape index (κ2) is 9.04. The van der Waals surface area contributed by atoms with E-state index in [2.05, 4.69) is 40.5 Å². The van der Waals surface area contributed by atoms with Crippen LogP contribution >= 0.6 is 0 Å². The van der Waals surface area contributed by atoms with Gasteiger partial charge in [0.2, 0.25) is 0 Å². The Morgan fingerprint density at radius 3 is 2.64 bits per heavy atom. The largest absolute Gasteiger partial charge is 0.492 e. The number of piperidine rings is 1. The standard InChI is InChI=1S/C23H26N2O3/c26-23-9-7-19-6-8-21(16-22(19)28-23)27-15-12-24-20-10-13-25(14-11-20)17-18-4-2-1-3-5-18/h1-9,16,20,24H,10-15,17H2. The molecule has 2 heterocycles. The predicted molar refractivity (Wildman–Crippen MR) is 111 cm³/mol. The molecule has 0 amide bonds. The van der Waals surface area contributed by atoms with Gasteiger partial charge in [0.05, 0.1) is 0 Å². The van der Waals surface area contributed by atoms with Crippen molar-refractivity contribution in [3.8, 4) is 5.75 Å². The van der Waals surface area contributed by atoms with Crippen LogP contribution < -0.4 is 15.7 Å². The highest BCUT2D eigenvalue weighted by atomic mass is 16.5. The summed E-state index contributed by atoms with van der Waals surface area (Å²) in [6.07, 6.45) is 2.32. The van der Waals surface area contributed by atoms with E-state index in [0.29, 0.717) is 18.2 Å². The van der Waals surface area contributed by atoms with Crippen molar-refractivity contribution < 1.29 is 9.15 Å². The summed E-state index contributed by atoms with van der Waals surface area (Å²) in [5, 5.41) is 4.49. The minimum Gasteiger partial charge on any atom is -0.492 e. The number of benzene rings is 2. The zero-order valence-electron chi connectivity index (χ0n) is 16.0. The van der Waals surface area contributed by atoms with Gasteiger partial charge in [-0.3, -0.25) is 4.90 Å². The Bertz CT molecular complexity index is 947. The summed E-state index contributed by atoms with van der Waals surface area (Å²) >= 11 is 0. The van der Waals surface area contributed by atoms with E-state index in [4.69, 9.17) is 9.15 Å². The third-order valence-electron chi connectivity index (χ3n) is 5.23. The third-order valence-corrected chi connectivity index (χ3v) is 5.23. The lowest BCUT2D eigenvalue weighted by molar-refractivity contribution is 0.186. The summed E-state index contributed by atoms with van der Waals surface area (Å²) in [5.41, 5.74) is 1.60. The second-order valence-corrected chi connectivity index (χ2v) is 7.29. The first kappa shape index (κ1) is 18.7. The van der Waals surface area contributed by atoms with Crippen molar-refractivity contribution in [1.29, 1.82) is 0 Å². The average Bonchev–Trinajstić information content (AvgIpc) is 2.73. The van der Waals surface area contributed by atoms with Gasteiger partial charge in [-0.1, -0.05) is 30.3 Å². The van der Waals surface area contributed by atoms with Crippen molar-refractivity contribution in [1.82, 2.24) is 10.2 Å². The van der Waals surface area contributed by atoms with Crippen molar-refractivity contribution >= 4 is 11.0 Å². The SMILES string of the molecule is O=c1ccc2ccc(OCCNC3CCN(Cc4ccccc4)CC3)cc2o1. The van der Waals surface area contributed by atoms with Crippen LogP contribution in [0.1, 0.15) is 18.4 Å². The monoisotopic (exact) mass is 378 g/mol. The first-order valence-electron chi connectivity index (χ1n) is 9.93. The number of ether oxygens (including phenoxy) is 1. The van der Waals surface area contributed by atoms with Crippen molar-refractivity contribution in [2.45, 2.75) is 25.4 Å². The number of hydrogen-bond donors (Lipinski definition) is 1. The fraction of sp³-hybridized carbons (Fsp3) is 0.348. The summed E-state index contributed by atoms with van der Waals surface area (Å²) in [5.74, 6) is 0.723. The molecule has 0 bridgehead atoms. The molecule has 1 aliphatic heterocycles. The first-order valence-corrected chi connectivity index (χ1v) is 9.93. The van der Waals surface area contributed by atoms with Crippen LogP contribution in [-0.2, 0) is 6.54 Å². The molecule has 0 unspecified atom stereocenters. The highest BCUT2D eigenvalue weighted by Crippen LogP contribution is 2.19. The lowest BCUT2D eigenvalue weighted by atomic mass is 10.0. The zero-order chi connectivity index (χ0) is 19.2. The molecule has 0 atom stereocenters. The Labute approximate surface area is 164 Å². The Kier molecular flexibility index (Phi) is 6.04. The maximum absolute atomic E-state index is 11.3. The van der Waals surface area contributed by atoms with Crippen LogP contribution in [0.4, 0.5) is 0 Å². The van der Waals surface area contributed by atoms with Crippen LogP contribution in [-0.4, -0.2) is 37.2 Å². The highest BCUT2D eigenvalue weighted by molar-refractivity contribution is 5.77. The van der Waals surface area contributed by atoms with Crippen molar-refractivity contribution in [3.05, 3.63) is 76.6 Å². The Hall–Kier alpha value is -2.63. The van der Waals surface area contributed by atoms with E-state index < -0.39 is 0 Å². The molecule has 5 nitrogen and oxygen atoms in total. The van der Waals surface area contributed by atoms with Gasteiger partial charge in [-0.05, 0) is 49.7 Å². The maximum atomic E-state index is 11.3. The maximum Gasteiger partial charge on any atom is 0.336 e. The number of nitrogens with zero attached hydrogens (tertiary/aromatic N) is 1. The van der Waals surface area contributed by atoms with E-state index in [9.17, 15) is 4.79 Å². The summed E-state index contributed by atoms with van der Waals surface area (Å²) in [6.45, 7) is 4.68. The molecule has 2 aromatic carbocycles. The van der Waals surface area contributed by atoms with E-state index in [-0.39, 0.29) is 5.63 Å². The molecule has 4 rings (SSSR count). The minimum atomic E-state index is -0.343. The average molecular weight is 378 g/mol. The van der Waals surface area contributed by atoms with Gasteiger partial charge in [0.15, 0.2) is 0 Å². The summed E-state index contributed by atoms with van der Waals surface area (Å²) in [7, 11) is 0. The molecule has 1 N–H and O–H groups in total. The molecule has 1 fully saturated rings. The van der Waals surface area contributed by atoms with Crippen LogP contribution in [0.25, 0.3) is 11.0 Å². The molecule has 0 spiro atoms. The van der Waals surface area contributed by atoms with Gasteiger partial charge >= 0.3 is 5.63 Å². The van der Waals surface area contributed by atoms with Crippen molar-refractivity contribution in [3.63, 3.8) is 0 Å². The molecule has 0 aliphatic carbocycles. The van der Waals surface area contributed by atoms with Gasteiger partial charge < -0.3 is 14.5 Å². The number of likely N-dealkylation sites (tertiary alicyclic amines) is 1. The Morgan fingerprint density at radius 2 is 1.82 bits per heavy atom. The number of fused-ring (bicyclic) bond motifs is 1. The molecule has 0 saturated carbocycles. The molecule has 1 saturated heterocycles. The minimum absolute atomic E-state index is 0.343. The van der Waals surface area contributed by atoms with E-state index in [0.717, 1.165) is 50.2 Å². The molecule has 3 aromatic rings. The van der Waals surface area contributed by atoms with Crippen LogP contribution in [0.3, 0.4) is 0 Å². The summed E-state index contributed by atoms with van der Waals surface area (Å²) in [6, 6.07) is 20.0. The van der Waals surface area contributed by atoms with Gasteiger partial charge in [0, 0.05) is 36.7 Å². The Balaban J connectivity index is 1.18. The smallest absolute Gasteiger partial charge is 0.336 e. The highest BCUT2D eigenvalue weighted by Gasteiger charge is 2.18. The third kappa shape index (κ3) is 5.00.